The minimum atomic E-state index is 1.16. The minimum Gasteiger partial charge on any atom is -0.354 e. The van der Waals surface area contributed by atoms with Gasteiger partial charge in [0, 0.05) is 38.3 Å². The summed E-state index contributed by atoms with van der Waals surface area (Å²) in [5, 5.41) is 5.06. The standard InChI is InChI=1S/C36H24N2/c1-3-11-24(12-4-1)35-27(20-21-32-36(35)29-16-7-9-17-31(29)37-32)25-19-22-34-30(23-25)28-15-8-10-18-33(28)38(34)26-13-5-2-6-14-26/h1-23,37H. The molecule has 2 nitrogen and oxygen atoms in total. The molecule has 0 atom stereocenters. The number of rotatable bonds is 3. The molecule has 0 radical (unpaired) electrons. The molecule has 0 bridgehead atoms. The number of benzene rings is 6. The van der Waals surface area contributed by atoms with Crippen LogP contribution in [0.1, 0.15) is 0 Å². The summed E-state index contributed by atoms with van der Waals surface area (Å²) < 4.78 is 2.37. The van der Waals surface area contributed by atoms with Crippen LogP contribution in [0.3, 0.4) is 0 Å². The molecule has 38 heavy (non-hydrogen) atoms. The molecule has 8 aromatic rings. The smallest absolute Gasteiger partial charge is 0.0541 e. The number of nitrogens with one attached hydrogen (secondary N) is 1. The predicted molar refractivity (Wildman–Crippen MR) is 161 cm³/mol. The van der Waals surface area contributed by atoms with E-state index in [-0.39, 0.29) is 0 Å². The van der Waals surface area contributed by atoms with Crippen LogP contribution in [-0.2, 0) is 0 Å². The first-order chi connectivity index (χ1) is 18.9. The van der Waals surface area contributed by atoms with E-state index in [9.17, 15) is 0 Å². The Labute approximate surface area is 220 Å². The third-order valence-electron chi connectivity index (χ3n) is 7.73. The third kappa shape index (κ3) is 3.07. The lowest BCUT2D eigenvalue weighted by Gasteiger charge is -2.14. The average molecular weight is 485 g/mol. The van der Waals surface area contributed by atoms with Gasteiger partial charge in [-0.25, -0.2) is 0 Å². The number of aromatic nitrogens is 2. The van der Waals surface area contributed by atoms with Crippen molar-refractivity contribution in [2.24, 2.45) is 0 Å². The molecular formula is C36H24N2. The van der Waals surface area contributed by atoms with Crippen LogP contribution >= 0.6 is 0 Å². The van der Waals surface area contributed by atoms with Crippen molar-refractivity contribution in [1.29, 1.82) is 0 Å². The Morgan fingerprint density at radius 2 is 1.13 bits per heavy atom. The van der Waals surface area contributed by atoms with Gasteiger partial charge in [0.2, 0.25) is 0 Å². The number of fused-ring (bicyclic) bond motifs is 6. The third-order valence-corrected chi connectivity index (χ3v) is 7.73. The van der Waals surface area contributed by atoms with Gasteiger partial charge in [0.25, 0.3) is 0 Å². The van der Waals surface area contributed by atoms with Crippen LogP contribution in [0.15, 0.2) is 140 Å². The van der Waals surface area contributed by atoms with Gasteiger partial charge in [-0.3, -0.25) is 0 Å². The summed E-state index contributed by atoms with van der Waals surface area (Å²) in [5.41, 5.74) is 10.9. The molecule has 178 valence electrons. The van der Waals surface area contributed by atoms with Crippen LogP contribution in [0.25, 0.3) is 71.6 Å². The molecule has 8 rings (SSSR count). The fourth-order valence-corrected chi connectivity index (χ4v) is 6.08. The van der Waals surface area contributed by atoms with E-state index in [0.717, 1.165) is 5.52 Å². The zero-order valence-electron chi connectivity index (χ0n) is 20.7. The first-order valence-corrected chi connectivity index (χ1v) is 13.0. The van der Waals surface area contributed by atoms with E-state index < -0.39 is 0 Å². The SMILES string of the molecule is c1ccc(-c2c(-c3ccc4c(c3)c3ccccc3n4-c3ccccc3)ccc3[nH]c4ccccc4c23)cc1. The normalized spacial score (nSPS) is 11.7. The van der Waals surface area contributed by atoms with E-state index in [1.807, 2.05) is 0 Å². The summed E-state index contributed by atoms with van der Waals surface area (Å²) in [7, 11) is 0. The molecule has 0 unspecified atom stereocenters. The van der Waals surface area contributed by atoms with E-state index in [1.165, 1.54) is 66.0 Å². The van der Waals surface area contributed by atoms with Gasteiger partial charge in [0.1, 0.15) is 0 Å². The summed E-state index contributed by atoms with van der Waals surface area (Å²) in [4.78, 5) is 3.64. The van der Waals surface area contributed by atoms with Crippen LogP contribution in [0.4, 0.5) is 0 Å². The molecule has 0 saturated heterocycles. The summed E-state index contributed by atoms with van der Waals surface area (Å²) in [6.45, 7) is 0. The molecule has 2 heterocycles. The number of hydrogen-bond donors (Lipinski definition) is 1. The highest BCUT2D eigenvalue weighted by atomic mass is 15.0. The molecule has 2 aromatic heterocycles. The molecule has 0 aliphatic rings. The van der Waals surface area contributed by atoms with Crippen LogP contribution in [-0.4, -0.2) is 9.55 Å². The Morgan fingerprint density at radius 1 is 0.447 bits per heavy atom. The molecule has 2 heteroatoms. The van der Waals surface area contributed by atoms with E-state index >= 15 is 0 Å². The lowest BCUT2D eigenvalue weighted by atomic mass is 9.90. The summed E-state index contributed by atoms with van der Waals surface area (Å²) in [6.07, 6.45) is 0. The lowest BCUT2D eigenvalue weighted by molar-refractivity contribution is 1.18. The van der Waals surface area contributed by atoms with Gasteiger partial charge in [-0.15, -0.1) is 0 Å². The zero-order chi connectivity index (χ0) is 25.1. The molecular weight excluding hydrogens is 460 g/mol. The molecule has 0 amide bonds. The van der Waals surface area contributed by atoms with Crippen molar-refractivity contribution in [3.05, 3.63) is 140 Å². The second-order valence-electron chi connectivity index (χ2n) is 9.87. The number of H-pyrrole nitrogens is 1. The first-order valence-electron chi connectivity index (χ1n) is 13.0. The number of hydrogen-bond acceptors (Lipinski definition) is 0. The maximum absolute atomic E-state index is 3.64. The zero-order valence-corrected chi connectivity index (χ0v) is 20.7. The maximum atomic E-state index is 3.64. The highest BCUT2D eigenvalue weighted by Gasteiger charge is 2.18. The van der Waals surface area contributed by atoms with Gasteiger partial charge >= 0.3 is 0 Å². The van der Waals surface area contributed by atoms with Crippen molar-refractivity contribution < 1.29 is 0 Å². The summed E-state index contributed by atoms with van der Waals surface area (Å²) in [5.74, 6) is 0. The molecule has 6 aromatic carbocycles. The van der Waals surface area contributed by atoms with Gasteiger partial charge in [-0.05, 0) is 64.7 Å². The second kappa shape index (κ2) is 8.22. The molecule has 0 aliphatic carbocycles. The predicted octanol–water partition coefficient (Wildman–Crippen LogP) is 9.75. The van der Waals surface area contributed by atoms with Crippen molar-refractivity contribution >= 4 is 43.6 Å². The quantitative estimate of drug-likeness (QED) is 0.258. The van der Waals surface area contributed by atoms with Crippen LogP contribution < -0.4 is 0 Å². The number of nitrogens with zero attached hydrogens (tertiary/aromatic N) is 1. The highest BCUT2D eigenvalue weighted by molar-refractivity contribution is 6.18. The Bertz CT molecular complexity index is 2110. The van der Waals surface area contributed by atoms with Crippen molar-refractivity contribution in [2.45, 2.75) is 0 Å². The Kier molecular flexibility index (Phi) is 4.55. The monoisotopic (exact) mass is 484 g/mol. The number of para-hydroxylation sites is 3. The minimum absolute atomic E-state index is 1.16. The second-order valence-corrected chi connectivity index (χ2v) is 9.87. The highest BCUT2D eigenvalue weighted by Crippen LogP contribution is 2.43. The van der Waals surface area contributed by atoms with Crippen molar-refractivity contribution in [2.75, 3.05) is 0 Å². The first kappa shape index (κ1) is 21.0. The van der Waals surface area contributed by atoms with E-state index in [2.05, 4.69) is 149 Å². The molecule has 0 aliphatic heterocycles. The molecule has 0 saturated carbocycles. The van der Waals surface area contributed by atoms with Gasteiger partial charge in [-0.1, -0.05) is 97.1 Å². The number of aromatic amines is 1. The molecule has 0 spiro atoms. The fraction of sp³-hybridized carbons (Fsp3) is 0. The van der Waals surface area contributed by atoms with Gasteiger partial charge in [0.05, 0.1) is 11.0 Å². The van der Waals surface area contributed by atoms with E-state index in [1.54, 1.807) is 0 Å². The van der Waals surface area contributed by atoms with Crippen molar-refractivity contribution in [3.63, 3.8) is 0 Å². The Hall–Kier alpha value is -5.08. The van der Waals surface area contributed by atoms with Gasteiger partial charge in [-0.2, -0.15) is 0 Å². The molecule has 0 fully saturated rings. The van der Waals surface area contributed by atoms with Crippen molar-refractivity contribution in [3.8, 4) is 27.9 Å². The molecule has 1 N–H and O–H groups in total. The topological polar surface area (TPSA) is 20.7 Å². The Balaban J connectivity index is 1.46. The summed E-state index contributed by atoms with van der Waals surface area (Å²) >= 11 is 0. The lowest BCUT2D eigenvalue weighted by Crippen LogP contribution is -1.93. The van der Waals surface area contributed by atoms with Gasteiger partial charge < -0.3 is 9.55 Å². The van der Waals surface area contributed by atoms with E-state index in [0.29, 0.717) is 0 Å². The van der Waals surface area contributed by atoms with Crippen LogP contribution in [0.2, 0.25) is 0 Å². The van der Waals surface area contributed by atoms with Crippen molar-refractivity contribution in [1.82, 2.24) is 9.55 Å². The summed E-state index contributed by atoms with van der Waals surface area (Å²) in [6, 6.07) is 50.2. The maximum Gasteiger partial charge on any atom is 0.0541 e. The largest absolute Gasteiger partial charge is 0.354 e. The fourth-order valence-electron chi connectivity index (χ4n) is 6.08. The van der Waals surface area contributed by atoms with E-state index in [4.69, 9.17) is 0 Å². The average Bonchev–Trinajstić information content (AvgIpc) is 3.53. The van der Waals surface area contributed by atoms with Crippen LogP contribution in [0.5, 0.6) is 0 Å². The Morgan fingerprint density at radius 3 is 1.97 bits per heavy atom. The van der Waals surface area contributed by atoms with Crippen LogP contribution in [0, 0.1) is 0 Å². The van der Waals surface area contributed by atoms with Gasteiger partial charge in [0.15, 0.2) is 0 Å².